The highest BCUT2D eigenvalue weighted by atomic mass is 35.5. The fraction of sp³-hybridized carbons (Fsp3) is 0.100. The predicted octanol–water partition coefficient (Wildman–Crippen LogP) is 5.21. The minimum atomic E-state index is 0.0410. The summed E-state index contributed by atoms with van der Waals surface area (Å²) in [6, 6.07) is 10.3. The Morgan fingerprint density at radius 3 is 2.75 bits per heavy atom. The molecule has 1 heterocycles. The fourth-order valence-corrected chi connectivity index (χ4v) is 3.80. The molecule has 3 rings (SSSR count). The number of ether oxygens (including phenoxy) is 1. The van der Waals surface area contributed by atoms with Crippen molar-refractivity contribution in [3.63, 3.8) is 0 Å². The summed E-state index contributed by atoms with van der Waals surface area (Å²) in [5.41, 5.74) is 2.28. The van der Waals surface area contributed by atoms with E-state index in [1.54, 1.807) is 47.3 Å². The van der Waals surface area contributed by atoms with Gasteiger partial charge < -0.3 is 9.84 Å². The summed E-state index contributed by atoms with van der Waals surface area (Å²) in [5, 5.41) is 17.5. The van der Waals surface area contributed by atoms with Gasteiger partial charge in [-0.2, -0.15) is 5.10 Å². The molecule has 0 saturated carbocycles. The first-order valence-electron chi connectivity index (χ1n) is 8.22. The summed E-state index contributed by atoms with van der Waals surface area (Å²) in [7, 11) is 1.50. The van der Waals surface area contributed by atoms with Crippen molar-refractivity contribution in [1.82, 2.24) is 4.68 Å². The van der Waals surface area contributed by atoms with Gasteiger partial charge in [0, 0.05) is 16.0 Å². The molecule has 0 amide bonds. The Hall–Kier alpha value is -2.54. The van der Waals surface area contributed by atoms with Crippen LogP contribution in [0.1, 0.15) is 5.56 Å². The largest absolute Gasteiger partial charge is 0.504 e. The molecule has 0 aliphatic carbocycles. The minimum absolute atomic E-state index is 0.0410. The van der Waals surface area contributed by atoms with E-state index in [-0.39, 0.29) is 5.75 Å². The Bertz CT molecular complexity index is 1100. The van der Waals surface area contributed by atoms with Gasteiger partial charge in [0.1, 0.15) is 0 Å². The Morgan fingerprint density at radius 1 is 1.25 bits per heavy atom. The third-order valence-corrected chi connectivity index (χ3v) is 5.18. The molecule has 144 valence electrons. The van der Waals surface area contributed by atoms with Crippen LogP contribution in [-0.2, 0) is 0 Å². The lowest BCUT2D eigenvalue weighted by molar-refractivity contribution is 0.373. The number of phenolic OH excluding ortho intramolecular Hbond substituents is 1. The van der Waals surface area contributed by atoms with Gasteiger partial charge in [0.15, 0.2) is 11.5 Å². The van der Waals surface area contributed by atoms with E-state index in [1.807, 2.05) is 11.4 Å². The molecule has 8 heteroatoms. The molecule has 0 saturated heterocycles. The number of hydrogen-bond acceptors (Lipinski definition) is 5. The molecule has 0 atom stereocenters. The summed E-state index contributed by atoms with van der Waals surface area (Å²) < 4.78 is 6.76. The number of thiazole rings is 1. The number of benzene rings is 2. The van der Waals surface area contributed by atoms with Crippen molar-refractivity contribution >= 4 is 40.8 Å². The van der Waals surface area contributed by atoms with Gasteiger partial charge in [-0.25, -0.2) is 4.68 Å². The second kappa shape index (κ2) is 9.10. The molecule has 0 aliphatic rings. The van der Waals surface area contributed by atoms with E-state index in [4.69, 9.17) is 27.9 Å². The molecule has 1 N–H and O–H groups in total. The van der Waals surface area contributed by atoms with Gasteiger partial charge in [0.25, 0.3) is 0 Å². The summed E-state index contributed by atoms with van der Waals surface area (Å²) in [5.74, 6) is 0.440. The Morgan fingerprint density at radius 2 is 2.07 bits per heavy atom. The standard InChI is InChI=1S/C20H17Cl2N3O2S/c1-3-8-23-20-25(24-11-13-4-7-19(27-2)18(26)9-13)17(12-28-20)15-6-5-14(21)10-16(15)22/h3-7,9-12,26H,1,8H2,2H3. The maximum absolute atomic E-state index is 9.96. The Labute approximate surface area is 176 Å². The molecule has 0 unspecified atom stereocenters. The zero-order valence-corrected chi connectivity index (χ0v) is 17.3. The van der Waals surface area contributed by atoms with Crippen LogP contribution in [0.25, 0.3) is 11.3 Å². The number of hydrogen-bond donors (Lipinski definition) is 1. The van der Waals surface area contributed by atoms with Gasteiger partial charge in [0.05, 0.1) is 30.6 Å². The van der Waals surface area contributed by atoms with E-state index in [1.165, 1.54) is 18.4 Å². The number of phenols is 1. The molecule has 3 aromatic rings. The first kappa shape index (κ1) is 20.2. The molecule has 0 radical (unpaired) electrons. The summed E-state index contributed by atoms with van der Waals surface area (Å²) >= 11 is 13.8. The molecule has 0 spiro atoms. The van der Waals surface area contributed by atoms with E-state index in [0.717, 1.165) is 11.3 Å². The van der Waals surface area contributed by atoms with E-state index in [0.29, 0.717) is 32.7 Å². The van der Waals surface area contributed by atoms with Crippen molar-refractivity contribution in [2.45, 2.75) is 0 Å². The smallest absolute Gasteiger partial charge is 0.206 e. The maximum Gasteiger partial charge on any atom is 0.206 e. The Kier molecular flexibility index (Phi) is 6.57. The zero-order valence-electron chi connectivity index (χ0n) is 15.0. The van der Waals surface area contributed by atoms with Crippen LogP contribution in [0.5, 0.6) is 11.5 Å². The SMILES string of the molecule is C=CCN=c1scc(-c2ccc(Cl)cc2Cl)n1N=Cc1ccc(OC)c(O)c1. The number of aromatic nitrogens is 1. The second-order valence-electron chi connectivity index (χ2n) is 5.64. The predicted molar refractivity (Wildman–Crippen MR) is 116 cm³/mol. The van der Waals surface area contributed by atoms with Gasteiger partial charge in [-0.3, -0.25) is 4.99 Å². The van der Waals surface area contributed by atoms with Crippen LogP contribution < -0.4 is 9.54 Å². The van der Waals surface area contributed by atoms with E-state index >= 15 is 0 Å². The lowest BCUT2D eigenvalue weighted by Gasteiger charge is -2.07. The van der Waals surface area contributed by atoms with Crippen molar-refractivity contribution in [2.75, 3.05) is 13.7 Å². The highest BCUT2D eigenvalue weighted by Crippen LogP contribution is 2.31. The average Bonchev–Trinajstić information content (AvgIpc) is 3.07. The van der Waals surface area contributed by atoms with Crippen molar-refractivity contribution in [3.8, 4) is 22.8 Å². The number of halogens is 2. The number of methoxy groups -OCH3 is 1. The van der Waals surface area contributed by atoms with Gasteiger partial charge in [-0.15, -0.1) is 17.9 Å². The minimum Gasteiger partial charge on any atom is -0.504 e. The number of rotatable bonds is 6. The van der Waals surface area contributed by atoms with Crippen LogP contribution in [0, 0.1) is 0 Å². The van der Waals surface area contributed by atoms with Gasteiger partial charge in [-0.05, 0) is 42.0 Å². The first-order valence-corrected chi connectivity index (χ1v) is 9.85. The lowest BCUT2D eigenvalue weighted by Crippen LogP contribution is -2.12. The molecule has 0 bridgehead atoms. The summed E-state index contributed by atoms with van der Waals surface area (Å²) in [6.07, 6.45) is 3.34. The van der Waals surface area contributed by atoms with Gasteiger partial charge >= 0.3 is 0 Å². The van der Waals surface area contributed by atoms with Crippen LogP contribution in [-0.4, -0.2) is 29.7 Å². The molecular weight excluding hydrogens is 417 g/mol. The number of nitrogens with zero attached hydrogens (tertiary/aromatic N) is 3. The van der Waals surface area contributed by atoms with Gasteiger partial charge in [-0.1, -0.05) is 29.3 Å². The summed E-state index contributed by atoms with van der Waals surface area (Å²) in [4.78, 5) is 5.18. The zero-order chi connectivity index (χ0) is 20.1. The van der Waals surface area contributed by atoms with Gasteiger partial charge in [0.2, 0.25) is 4.80 Å². The van der Waals surface area contributed by atoms with E-state index in [2.05, 4.69) is 16.7 Å². The topological polar surface area (TPSA) is 59.1 Å². The van der Waals surface area contributed by atoms with Crippen molar-refractivity contribution < 1.29 is 9.84 Å². The third kappa shape index (κ3) is 4.47. The van der Waals surface area contributed by atoms with Crippen LogP contribution in [0.4, 0.5) is 0 Å². The molecular formula is C20H17Cl2N3O2S. The van der Waals surface area contributed by atoms with Crippen molar-refractivity contribution in [1.29, 1.82) is 0 Å². The maximum atomic E-state index is 9.96. The lowest BCUT2D eigenvalue weighted by atomic mass is 10.2. The molecule has 1 aromatic heterocycles. The second-order valence-corrected chi connectivity index (χ2v) is 7.32. The third-order valence-electron chi connectivity index (χ3n) is 3.77. The average molecular weight is 434 g/mol. The normalized spacial score (nSPS) is 11.9. The number of aromatic hydroxyl groups is 1. The molecule has 2 aromatic carbocycles. The highest BCUT2D eigenvalue weighted by molar-refractivity contribution is 7.07. The quantitative estimate of drug-likeness (QED) is 0.428. The van der Waals surface area contributed by atoms with Crippen LogP contribution >= 0.6 is 34.5 Å². The molecule has 5 nitrogen and oxygen atoms in total. The molecule has 0 aliphatic heterocycles. The van der Waals surface area contributed by atoms with Crippen LogP contribution in [0.2, 0.25) is 10.0 Å². The fourth-order valence-electron chi connectivity index (χ4n) is 2.46. The first-order chi connectivity index (χ1) is 13.5. The molecule has 0 fully saturated rings. The monoisotopic (exact) mass is 433 g/mol. The van der Waals surface area contributed by atoms with Crippen LogP contribution in [0.15, 0.2) is 64.5 Å². The summed E-state index contributed by atoms with van der Waals surface area (Å²) in [6.45, 7) is 4.17. The Balaban J connectivity index is 2.08. The highest BCUT2D eigenvalue weighted by Gasteiger charge is 2.11. The van der Waals surface area contributed by atoms with E-state index in [9.17, 15) is 5.11 Å². The molecule has 28 heavy (non-hydrogen) atoms. The van der Waals surface area contributed by atoms with Crippen molar-refractivity contribution in [2.24, 2.45) is 10.1 Å². The van der Waals surface area contributed by atoms with Crippen LogP contribution in [0.3, 0.4) is 0 Å². The van der Waals surface area contributed by atoms with Crippen molar-refractivity contribution in [3.05, 3.63) is 74.8 Å². The van der Waals surface area contributed by atoms with E-state index < -0.39 is 0 Å².